The van der Waals surface area contributed by atoms with Gasteiger partial charge in [-0.25, -0.2) is 4.98 Å². The van der Waals surface area contributed by atoms with Crippen molar-refractivity contribution in [3.8, 4) is 6.07 Å². The number of Topliss-reactive ketones (excluding diaryl/α,β-unsaturated/α-hetero) is 1. The molecule has 0 aliphatic carbocycles. The minimum atomic E-state index is 0.253. The van der Waals surface area contributed by atoms with E-state index in [1.807, 2.05) is 24.0 Å². The molecule has 4 nitrogen and oxygen atoms in total. The van der Waals surface area contributed by atoms with Crippen molar-refractivity contribution in [2.45, 2.75) is 13.3 Å². The van der Waals surface area contributed by atoms with E-state index < -0.39 is 0 Å². The van der Waals surface area contributed by atoms with Gasteiger partial charge in [-0.15, -0.1) is 0 Å². The molecular formula is C11H11N3O. The molecule has 1 aliphatic rings. The Labute approximate surface area is 88.1 Å². The van der Waals surface area contributed by atoms with Crippen LogP contribution in [-0.4, -0.2) is 23.9 Å². The number of hydrogen-bond acceptors (Lipinski definition) is 4. The third-order valence-electron chi connectivity index (χ3n) is 2.45. The maximum Gasteiger partial charge on any atom is 0.153 e. The summed E-state index contributed by atoms with van der Waals surface area (Å²) in [5.74, 6) is 0.253. The first kappa shape index (κ1) is 9.66. The van der Waals surface area contributed by atoms with Crippen molar-refractivity contribution < 1.29 is 4.79 Å². The second-order valence-corrected chi connectivity index (χ2v) is 3.67. The molecule has 2 rings (SSSR count). The first-order chi connectivity index (χ1) is 7.19. The Balaban J connectivity index is 2.32. The fraction of sp³-hybridized carbons (Fsp3) is 0.364. The van der Waals surface area contributed by atoms with Crippen LogP contribution in [0.4, 0.5) is 5.69 Å². The topological polar surface area (TPSA) is 57.0 Å². The number of aromatic nitrogens is 1. The van der Waals surface area contributed by atoms with E-state index >= 15 is 0 Å². The van der Waals surface area contributed by atoms with Crippen molar-refractivity contribution in [2.24, 2.45) is 0 Å². The third kappa shape index (κ3) is 1.96. The van der Waals surface area contributed by atoms with Crippen molar-refractivity contribution in [1.29, 1.82) is 5.26 Å². The second kappa shape index (κ2) is 3.70. The largest absolute Gasteiger partial charge is 0.364 e. The van der Waals surface area contributed by atoms with Gasteiger partial charge in [-0.1, -0.05) is 0 Å². The van der Waals surface area contributed by atoms with Gasteiger partial charge in [0.05, 0.1) is 6.54 Å². The lowest BCUT2D eigenvalue weighted by Crippen LogP contribution is -2.19. The molecule has 0 saturated carbocycles. The van der Waals surface area contributed by atoms with Crippen LogP contribution in [0.25, 0.3) is 0 Å². The van der Waals surface area contributed by atoms with Crippen LogP contribution in [0.5, 0.6) is 0 Å². The van der Waals surface area contributed by atoms with E-state index in [-0.39, 0.29) is 5.78 Å². The summed E-state index contributed by atoms with van der Waals surface area (Å²) in [5, 5.41) is 8.78. The predicted molar refractivity (Wildman–Crippen MR) is 55.5 cm³/mol. The molecule has 0 spiro atoms. The summed E-state index contributed by atoms with van der Waals surface area (Å²) in [7, 11) is 0. The number of carbonyl (C=O) groups excluding carboxylic acids is 1. The summed E-state index contributed by atoms with van der Waals surface area (Å²) >= 11 is 0. The number of pyridine rings is 1. The van der Waals surface area contributed by atoms with Gasteiger partial charge in [0.25, 0.3) is 0 Å². The van der Waals surface area contributed by atoms with Gasteiger partial charge in [-0.2, -0.15) is 5.26 Å². The molecule has 0 atom stereocenters. The Morgan fingerprint density at radius 1 is 1.53 bits per heavy atom. The second-order valence-electron chi connectivity index (χ2n) is 3.67. The van der Waals surface area contributed by atoms with Crippen molar-refractivity contribution in [3.05, 3.63) is 23.5 Å². The number of rotatable bonds is 1. The van der Waals surface area contributed by atoms with Gasteiger partial charge in [-0.05, 0) is 19.1 Å². The van der Waals surface area contributed by atoms with Crippen LogP contribution in [0.1, 0.15) is 17.8 Å². The summed E-state index contributed by atoms with van der Waals surface area (Å²) in [6, 6.07) is 5.65. The zero-order valence-corrected chi connectivity index (χ0v) is 8.53. The molecule has 76 valence electrons. The molecule has 1 aliphatic heterocycles. The van der Waals surface area contributed by atoms with Crippen LogP contribution < -0.4 is 4.90 Å². The maximum absolute atomic E-state index is 11.1. The van der Waals surface area contributed by atoms with Crippen molar-refractivity contribution in [2.75, 3.05) is 18.0 Å². The first-order valence-corrected chi connectivity index (χ1v) is 4.84. The molecule has 1 saturated heterocycles. The summed E-state index contributed by atoms with van der Waals surface area (Å²) in [6.45, 7) is 3.05. The smallest absolute Gasteiger partial charge is 0.153 e. The van der Waals surface area contributed by atoms with Crippen LogP contribution in [0, 0.1) is 18.3 Å². The average Bonchev–Trinajstić information content (AvgIpc) is 2.64. The molecule has 0 radical (unpaired) electrons. The fourth-order valence-electron chi connectivity index (χ4n) is 1.74. The zero-order valence-electron chi connectivity index (χ0n) is 8.53. The summed E-state index contributed by atoms with van der Waals surface area (Å²) in [5.41, 5.74) is 2.14. The minimum Gasteiger partial charge on any atom is -0.364 e. The van der Waals surface area contributed by atoms with E-state index in [1.165, 1.54) is 0 Å². The molecular weight excluding hydrogens is 190 g/mol. The molecule has 0 aromatic carbocycles. The van der Waals surface area contributed by atoms with Gasteiger partial charge >= 0.3 is 0 Å². The third-order valence-corrected chi connectivity index (χ3v) is 2.45. The van der Waals surface area contributed by atoms with E-state index in [2.05, 4.69) is 4.98 Å². The molecule has 1 aromatic rings. The van der Waals surface area contributed by atoms with Crippen LogP contribution in [0.3, 0.4) is 0 Å². The number of anilines is 1. The normalized spacial score (nSPS) is 15.5. The Bertz CT molecular complexity index is 448. The molecule has 15 heavy (non-hydrogen) atoms. The number of hydrogen-bond donors (Lipinski definition) is 0. The maximum atomic E-state index is 11.1. The van der Waals surface area contributed by atoms with Crippen molar-refractivity contribution in [3.63, 3.8) is 0 Å². The number of nitrogens with zero attached hydrogens (tertiary/aromatic N) is 3. The van der Waals surface area contributed by atoms with Gasteiger partial charge in [0.2, 0.25) is 0 Å². The lowest BCUT2D eigenvalue weighted by molar-refractivity contribution is -0.116. The van der Waals surface area contributed by atoms with Crippen molar-refractivity contribution >= 4 is 11.5 Å². The Morgan fingerprint density at radius 3 is 2.93 bits per heavy atom. The average molecular weight is 201 g/mol. The molecule has 1 aromatic heterocycles. The highest BCUT2D eigenvalue weighted by Crippen LogP contribution is 2.20. The van der Waals surface area contributed by atoms with Gasteiger partial charge in [0.1, 0.15) is 11.8 Å². The Kier molecular flexibility index (Phi) is 2.38. The summed E-state index contributed by atoms with van der Waals surface area (Å²) in [4.78, 5) is 17.2. The highest BCUT2D eigenvalue weighted by Gasteiger charge is 2.20. The quantitative estimate of drug-likeness (QED) is 0.681. The van der Waals surface area contributed by atoms with Gasteiger partial charge in [0, 0.05) is 24.3 Å². The highest BCUT2D eigenvalue weighted by molar-refractivity contribution is 5.87. The molecule has 0 bridgehead atoms. The van der Waals surface area contributed by atoms with E-state index in [9.17, 15) is 4.79 Å². The predicted octanol–water partition coefficient (Wildman–Crippen LogP) is 1.04. The summed E-state index contributed by atoms with van der Waals surface area (Å²) in [6.07, 6.45) is 0.600. The number of carbonyl (C=O) groups is 1. The van der Waals surface area contributed by atoms with Crippen LogP contribution >= 0.6 is 0 Å². The van der Waals surface area contributed by atoms with Gasteiger partial charge in [0.15, 0.2) is 5.78 Å². The van der Waals surface area contributed by atoms with E-state index in [4.69, 9.17) is 5.26 Å². The lowest BCUT2D eigenvalue weighted by Gasteiger charge is -2.16. The minimum absolute atomic E-state index is 0.253. The number of aryl methyl sites for hydroxylation is 1. The number of ketones is 1. The van der Waals surface area contributed by atoms with E-state index in [1.54, 1.807) is 6.07 Å². The fourth-order valence-corrected chi connectivity index (χ4v) is 1.74. The van der Waals surface area contributed by atoms with Crippen LogP contribution in [0.15, 0.2) is 12.1 Å². The lowest BCUT2D eigenvalue weighted by atomic mass is 10.2. The molecule has 0 N–H and O–H groups in total. The monoisotopic (exact) mass is 201 g/mol. The van der Waals surface area contributed by atoms with Gasteiger partial charge < -0.3 is 4.90 Å². The SMILES string of the molecule is Cc1cc(N2CCC(=O)C2)cc(C#N)n1. The molecule has 0 unspecified atom stereocenters. The molecule has 2 heterocycles. The number of nitriles is 1. The molecule has 4 heteroatoms. The molecule has 0 amide bonds. The summed E-state index contributed by atoms with van der Waals surface area (Å²) < 4.78 is 0. The van der Waals surface area contributed by atoms with E-state index in [0.717, 1.165) is 17.9 Å². The highest BCUT2D eigenvalue weighted by atomic mass is 16.1. The van der Waals surface area contributed by atoms with E-state index in [0.29, 0.717) is 18.7 Å². The molecule has 1 fully saturated rings. The first-order valence-electron chi connectivity index (χ1n) is 4.84. The van der Waals surface area contributed by atoms with Gasteiger partial charge in [-0.3, -0.25) is 4.79 Å². The van der Waals surface area contributed by atoms with Crippen molar-refractivity contribution in [1.82, 2.24) is 4.98 Å². The Hall–Kier alpha value is -1.89. The Morgan fingerprint density at radius 2 is 2.33 bits per heavy atom. The standard InChI is InChI=1S/C11H11N3O/c1-8-4-10(5-9(6-12)13-8)14-3-2-11(15)7-14/h4-5H,2-3,7H2,1H3. The zero-order chi connectivity index (χ0) is 10.8. The van der Waals surface area contributed by atoms with Crippen LogP contribution in [0.2, 0.25) is 0 Å². The van der Waals surface area contributed by atoms with Crippen LogP contribution in [-0.2, 0) is 4.79 Å².